The number of ether oxygens (including phenoxy) is 1. The van der Waals surface area contributed by atoms with E-state index in [0.717, 1.165) is 16.8 Å². The summed E-state index contributed by atoms with van der Waals surface area (Å²) in [6.45, 7) is 6.18. The summed E-state index contributed by atoms with van der Waals surface area (Å²) in [6.07, 6.45) is 1.47. The molecule has 3 rings (SSSR count). The number of H-pyrrole nitrogens is 1. The first-order valence-corrected chi connectivity index (χ1v) is 8.30. The number of hydrogen-bond acceptors (Lipinski definition) is 3. The smallest absolute Gasteiger partial charge is 0.412 e. The highest BCUT2D eigenvalue weighted by atomic mass is 16.6. The number of fused-ring (bicyclic) bond motifs is 1. The summed E-state index contributed by atoms with van der Waals surface area (Å²) in [7, 11) is 0. The van der Waals surface area contributed by atoms with Crippen molar-refractivity contribution in [3.8, 4) is 0 Å². The third-order valence-corrected chi connectivity index (χ3v) is 3.67. The number of amides is 1. The lowest BCUT2D eigenvalue weighted by molar-refractivity contribution is 0.0636. The van der Waals surface area contributed by atoms with Gasteiger partial charge in [-0.15, -0.1) is 0 Å². The molecule has 0 spiro atoms. The number of rotatable bonds is 4. The molecule has 5 heteroatoms. The molecule has 3 N–H and O–H groups in total. The van der Waals surface area contributed by atoms with Crippen LogP contribution in [0.5, 0.6) is 0 Å². The molecule has 0 saturated heterocycles. The highest BCUT2D eigenvalue weighted by Crippen LogP contribution is 2.23. The van der Waals surface area contributed by atoms with Crippen molar-refractivity contribution in [1.82, 2.24) is 4.98 Å². The van der Waals surface area contributed by atoms with Crippen molar-refractivity contribution in [3.05, 3.63) is 60.3 Å². The lowest BCUT2D eigenvalue weighted by Gasteiger charge is -2.20. The number of hydrogen-bond donors (Lipinski definition) is 3. The normalized spacial score (nSPS) is 11.3. The molecular weight excluding hydrogens is 314 g/mol. The minimum Gasteiger partial charge on any atom is -0.444 e. The molecule has 0 saturated carbocycles. The molecule has 5 nitrogen and oxygen atoms in total. The molecule has 0 aliphatic heterocycles. The average Bonchev–Trinajstić information content (AvgIpc) is 3.00. The lowest BCUT2D eigenvalue weighted by Crippen LogP contribution is -2.27. The van der Waals surface area contributed by atoms with E-state index in [4.69, 9.17) is 4.74 Å². The van der Waals surface area contributed by atoms with E-state index in [2.05, 4.69) is 33.8 Å². The third kappa shape index (κ3) is 4.53. The van der Waals surface area contributed by atoms with Crippen LogP contribution in [0.15, 0.2) is 54.7 Å². The largest absolute Gasteiger partial charge is 0.444 e. The zero-order chi connectivity index (χ0) is 17.9. The van der Waals surface area contributed by atoms with Gasteiger partial charge < -0.3 is 15.0 Å². The second-order valence-electron chi connectivity index (χ2n) is 6.93. The van der Waals surface area contributed by atoms with Gasteiger partial charge in [0.2, 0.25) is 0 Å². The molecule has 1 amide bonds. The van der Waals surface area contributed by atoms with Crippen LogP contribution in [0.2, 0.25) is 0 Å². The standard InChI is InChI=1S/C20H23N3O2/c1-20(2,3)25-19(24)23-17-7-5-4-6-16(17)22-13-14-8-9-15-10-11-21-18(15)12-14/h4-12,21-22H,13H2,1-3H3,(H,23,24). The molecule has 0 fully saturated rings. The minimum atomic E-state index is -0.530. The molecule has 0 unspecified atom stereocenters. The van der Waals surface area contributed by atoms with Crippen molar-refractivity contribution >= 4 is 28.4 Å². The van der Waals surface area contributed by atoms with Gasteiger partial charge in [0.15, 0.2) is 0 Å². The fourth-order valence-corrected chi connectivity index (χ4v) is 2.56. The number of anilines is 2. The van der Waals surface area contributed by atoms with E-state index in [-0.39, 0.29) is 0 Å². The van der Waals surface area contributed by atoms with Crippen molar-refractivity contribution in [1.29, 1.82) is 0 Å². The summed E-state index contributed by atoms with van der Waals surface area (Å²) in [6, 6.07) is 15.9. The SMILES string of the molecule is CC(C)(C)OC(=O)Nc1ccccc1NCc1ccc2cc[nH]c2c1. The Morgan fingerprint density at radius 2 is 1.84 bits per heavy atom. The fraction of sp³-hybridized carbons (Fsp3) is 0.250. The maximum absolute atomic E-state index is 12.0. The van der Waals surface area contributed by atoms with Gasteiger partial charge >= 0.3 is 6.09 Å². The monoisotopic (exact) mass is 337 g/mol. The Labute approximate surface area is 147 Å². The summed E-state index contributed by atoms with van der Waals surface area (Å²) in [5.74, 6) is 0. The number of benzene rings is 2. The second kappa shape index (κ2) is 6.89. The molecule has 0 aliphatic rings. The van der Waals surface area contributed by atoms with Gasteiger partial charge in [-0.2, -0.15) is 0 Å². The predicted octanol–water partition coefficient (Wildman–Crippen LogP) is 5.13. The maximum atomic E-state index is 12.0. The zero-order valence-corrected chi connectivity index (χ0v) is 14.7. The van der Waals surface area contributed by atoms with Gasteiger partial charge in [-0.3, -0.25) is 5.32 Å². The van der Waals surface area contributed by atoms with Gasteiger partial charge in [-0.1, -0.05) is 24.3 Å². The van der Waals surface area contributed by atoms with Gasteiger partial charge in [0.05, 0.1) is 11.4 Å². The molecule has 3 aromatic rings. The Kier molecular flexibility index (Phi) is 4.65. The molecule has 1 heterocycles. The first-order chi connectivity index (χ1) is 11.9. The van der Waals surface area contributed by atoms with Gasteiger partial charge in [-0.25, -0.2) is 4.79 Å². The van der Waals surface area contributed by atoms with Crippen LogP contribution < -0.4 is 10.6 Å². The highest BCUT2D eigenvalue weighted by molar-refractivity contribution is 5.89. The van der Waals surface area contributed by atoms with E-state index >= 15 is 0 Å². The molecule has 0 bridgehead atoms. The van der Waals surface area contributed by atoms with E-state index in [1.54, 1.807) is 0 Å². The van der Waals surface area contributed by atoms with Crippen LogP contribution in [-0.2, 0) is 11.3 Å². The molecule has 130 valence electrons. The number of carbonyl (C=O) groups is 1. The van der Waals surface area contributed by atoms with Crippen LogP contribution in [0.25, 0.3) is 10.9 Å². The van der Waals surface area contributed by atoms with Crippen LogP contribution in [0.1, 0.15) is 26.3 Å². The van der Waals surface area contributed by atoms with Crippen LogP contribution in [0.4, 0.5) is 16.2 Å². The maximum Gasteiger partial charge on any atom is 0.412 e. The Balaban J connectivity index is 1.69. The van der Waals surface area contributed by atoms with E-state index < -0.39 is 11.7 Å². The summed E-state index contributed by atoms with van der Waals surface area (Å²) in [4.78, 5) is 15.2. The van der Waals surface area contributed by atoms with E-state index in [9.17, 15) is 4.79 Å². The Morgan fingerprint density at radius 3 is 2.60 bits per heavy atom. The third-order valence-electron chi connectivity index (χ3n) is 3.67. The zero-order valence-electron chi connectivity index (χ0n) is 14.7. The van der Waals surface area contributed by atoms with Crippen LogP contribution in [-0.4, -0.2) is 16.7 Å². The second-order valence-corrected chi connectivity index (χ2v) is 6.93. The first kappa shape index (κ1) is 16.9. The summed E-state index contributed by atoms with van der Waals surface area (Å²) in [5.41, 5.74) is 3.27. The molecule has 25 heavy (non-hydrogen) atoms. The van der Waals surface area contributed by atoms with Crippen LogP contribution >= 0.6 is 0 Å². The predicted molar refractivity (Wildman–Crippen MR) is 102 cm³/mol. The quantitative estimate of drug-likeness (QED) is 0.618. The van der Waals surface area contributed by atoms with Gasteiger partial charge in [-0.05, 0) is 56.0 Å². The Morgan fingerprint density at radius 1 is 1.08 bits per heavy atom. The Bertz CT molecular complexity index is 878. The number of aromatic amines is 1. The molecule has 2 aromatic carbocycles. The number of nitrogens with one attached hydrogen (secondary N) is 3. The Hall–Kier alpha value is -2.95. The van der Waals surface area contributed by atoms with Crippen molar-refractivity contribution in [2.24, 2.45) is 0 Å². The van der Waals surface area contributed by atoms with Gasteiger partial charge in [0, 0.05) is 18.3 Å². The van der Waals surface area contributed by atoms with Crippen molar-refractivity contribution in [3.63, 3.8) is 0 Å². The van der Waals surface area contributed by atoms with Crippen LogP contribution in [0, 0.1) is 0 Å². The van der Waals surface area contributed by atoms with Crippen LogP contribution in [0.3, 0.4) is 0 Å². The molecule has 0 radical (unpaired) electrons. The highest BCUT2D eigenvalue weighted by Gasteiger charge is 2.17. The number of para-hydroxylation sites is 2. The molecule has 1 aromatic heterocycles. The van der Waals surface area contributed by atoms with Gasteiger partial charge in [0.25, 0.3) is 0 Å². The topological polar surface area (TPSA) is 66.2 Å². The van der Waals surface area contributed by atoms with Crippen molar-refractivity contribution in [2.45, 2.75) is 32.9 Å². The minimum absolute atomic E-state index is 0.463. The molecule has 0 aliphatic carbocycles. The molecular formula is C20H23N3O2. The van der Waals surface area contributed by atoms with E-state index in [1.807, 2.05) is 57.3 Å². The molecule has 0 atom stereocenters. The average molecular weight is 337 g/mol. The number of carbonyl (C=O) groups excluding carboxylic acids is 1. The summed E-state index contributed by atoms with van der Waals surface area (Å²) >= 11 is 0. The summed E-state index contributed by atoms with van der Waals surface area (Å²) in [5, 5.41) is 7.36. The van der Waals surface area contributed by atoms with Crippen molar-refractivity contribution in [2.75, 3.05) is 10.6 Å². The fourth-order valence-electron chi connectivity index (χ4n) is 2.56. The van der Waals surface area contributed by atoms with E-state index in [0.29, 0.717) is 12.2 Å². The first-order valence-electron chi connectivity index (χ1n) is 8.30. The van der Waals surface area contributed by atoms with Crippen molar-refractivity contribution < 1.29 is 9.53 Å². The lowest BCUT2D eigenvalue weighted by atomic mass is 10.1. The van der Waals surface area contributed by atoms with E-state index in [1.165, 1.54) is 5.39 Å². The van der Waals surface area contributed by atoms with Gasteiger partial charge in [0.1, 0.15) is 5.60 Å². The number of aromatic nitrogens is 1. The summed E-state index contributed by atoms with van der Waals surface area (Å²) < 4.78 is 5.32.